The molecule has 0 aliphatic heterocycles. The molecule has 5 heteroatoms. The van der Waals surface area contributed by atoms with Gasteiger partial charge >= 0.3 is 0 Å². The maximum atomic E-state index is 9.73. The van der Waals surface area contributed by atoms with Crippen LogP contribution in [-0.2, 0) is 6.61 Å². The highest BCUT2D eigenvalue weighted by atomic mass is 32.1. The van der Waals surface area contributed by atoms with Crippen molar-refractivity contribution in [2.75, 3.05) is 5.75 Å². The fraction of sp³-hybridized carbons (Fsp3) is 0.556. The van der Waals surface area contributed by atoms with Crippen LogP contribution in [0.3, 0.4) is 0 Å². The second kappa shape index (κ2) is 5.72. The first-order valence-electron chi connectivity index (χ1n) is 4.34. The molecule has 1 aromatic rings. The van der Waals surface area contributed by atoms with Crippen LogP contribution < -0.4 is 0 Å². The number of hydrogen-bond donors (Lipinski definition) is 4. The Bertz CT molecular complexity index is 275. The van der Waals surface area contributed by atoms with Gasteiger partial charge in [-0.25, -0.2) is 0 Å². The molecule has 3 nitrogen and oxygen atoms in total. The molecule has 0 radical (unpaired) electrons. The van der Waals surface area contributed by atoms with Crippen LogP contribution in [0.1, 0.15) is 23.0 Å². The Morgan fingerprint density at radius 3 is 2.71 bits per heavy atom. The SMILES string of the molecule is OCc1sccc1C(O)C(O)CCS. The molecule has 1 aromatic heterocycles. The molecular weight excluding hydrogens is 220 g/mol. The summed E-state index contributed by atoms with van der Waals surface area (Å²) in [6.45, 7) is -0.0995. The summed E-state index contributed by atoms with van der Waals surface area (Å²) in [7, 11) is 0. The molecule has 0 aromatic carbocycles. The molecule has 0 amide bonds. The van der Waals surface area contributed by atoms with E-state index in [1.807, 2.05) is 0 Å². The van der Waals surface area contributed by atoms with Crippen LogP contribution in [0.15, 0.2) is 11.4 Å². The number of aliphatic hydroxyl groups excluding tert-OH is 3. The third kappa shape index (κ3) is 2.71. The van der Waals surface area contributed by atoms with Crippen LogP contribution >= 0.6 is 24.0 Å². The minimum absolute atomic E-state index is 0.0995. The number of hydrogen-bond acceptors (Lipinski definition) is 5. The zero-order valence-electron chi connectivity index (χ0n) is 7.63. The third-order valence-electron chi connectivity index (χ3n) is 2.03. The Labute approximate surface area is 92.4 Å². The first-order valence-corrected chi connectivity index (χ1v) is 5.86. The third-order valence-corrected chi connectivity index (χ3v) is 3.21. The highest BCUT2D eigenvalue weighted by Crippen LogP contribution is 2.26. The molecule has 80 valence electrons. The first kappa shape index (κ1) is 12.0. The van der Waals surface area contributed by atoms with Crippen LogP contribution in [0.4, 0.5) is 0 Å². The van der Waals surface area contributed by atoms with Gasteiger partial charge in [-0.1, -0.05) is 0 Å². The molecule has 2 atom stereocenters. The summed E-state index contributed by atoms with van der Waals surface area (Å²) < 4.78 is 0. The molecule has 0 bridgehead atoms. The first-order chi connectivity index (χ1) is 6.70. The zero-order valence-corrected chi connectivity index (χ0v) is 9.34. The summed E-state index contributed by atoms with van der Waals surface area (Å²) in [5.74, 6) is 0.525. The van der Waals surface area contributed by atoms with Crippen molar-refractivity contribution in [1.82, 2.24) is 0 Å². The van der Waals surface area contributed by atoms with Crippen LogP contribution in [0, 0.1) is 0 Å². The second-order valence-electron chi connectivity index (χ2n) is 2.98. The van der Waals surface area contributed by atoms with Gasteiger partial charge in [-0.15, -0.1) is 11.3 Å². The Morgan fingerprint density at radius 1 is 1.43 bits per heavy atom. The Morgan fingerprint density at radius 2 is 2.14 bits per heavy atom. The Balaban J connectivity index is 2.72. The predicted octanol–water partition coefficient (Wildman–Crippen LogP) is 0.955. The van der Waals surface area contributed by atoms with E-state index < -0.39 is 12.2 Å². The van der Waals surface area contributed by atoms with E-state index in [2.05, 4.69) is 12.6 Å². The smallest absolute Gasteiger partial charge is 0.106 e. The van der Waals surface area contributed by atoms with E-state index in [0.29, 0.717) is 22.6 Å². The second-order valence-corrected chi connectivity index (χ2v) is 4.43. The van der Waals surface area contributed by atoms with E-state index in [1.54, 1.807) is 11.4 Å². The van der Waals surface area contributed by atoms with Crippen LogP contribution in [0.25, 0.3) is 0 Å². The number of rotatable bonds is 5. The van der Waals surface area contributed by atoms with Crippen LogP contribution in [0.5, 0.6) is 0 Å². The van der Waals surface area contributed by atoms with Gasteiger partial charge in [0.15, 0.2) is 0 Å². The fourth-order valence-corrected chi connectivity index (χ4v) is 2.28. The summed E-state index contributed by atoms with van der Waals surface area (Å²) >= 11 is 5.36. The molecule has 0 aliphatic carbocycles. The molecule has 2 unspecified atom stereocenters. The average molecular weight is 234 g/mol. The Hall–Kier alpha value is -0.0700. The van der Waals surface area contributed by atoms with Crippen molar-refractivity contribution in [3.05, 3.63) is 21.9 Å². The summed E-state index contributed by atoms with van der Waals surface area (Å²) in [6.07, 6.45) is -1.30. The molecule has 3 N–H and O–H groups in total. The van der Waals surface area contributed by atoms with Crippen LogP contribution in [-0.4, -0.2) is 27.2 Å². The maximum absolute atomic E-state index is 9.73. The molecule has 0 spiro atoms. The lowest BCUT2D eigenvalue weighted by molar-refractivity contribution is 0.0165. The van der Waals surface area contributed by atoms with Gasteiger partial charge in [-0.3, -0.25) is 0 Å². The van der Waals surface area contributed by atoms with Gasteiger partial charge in [0.1, 0.15) is 6.10 Å². The van der Waals surface area contributed by atoms with E-state index >= 15 is 0 Å². The highest BCUT2D eigenvalue weighted by molar-refractivity contribution is 7.80. The summed E-state index contributed by atoms with van der Waals surface area (Å²) in [5.41, 5.74) is 0.617. The molecule has 14 heavy (non-hydrogen) atoms. The number of thiol groups is 1. The summed E-state index contributed by atoms with van der Waals surface area (Å²) in [5, 5.41) is 30.0. The van der Waals surface area contributed by atoms with Gasteiger partial charge in [0.2, 0.25) is 0 Å². The van der Waals surface area contributed by atoms with Gasteiger partial charge in [0.25, 0.3) is 0 Å². The van der Waals surface area contributed by atoms with Gasteiger partial charge < -0.3 is 15.3 Å². The molecule has 0 fully saturated rings. The standard InChI is InChI=1S/C9H14O3S2/c10-5-8-6(2-4-14-8)9(12)7(11)1-3-13/h2,4,7,9-13H,1,3,5H2. The lowest BCUT2D eigenvalue weighted by Gasteiger charge is -2.17. The minimum Gasteiger partial charge on any atom is -0.391 e. The molecule has 1 rings (SSSR count). The molecule has 0 saturated heterocycles. The zero-order chi connectivity index (χ0) is 10.6. The monoisotopic (exact) mass is 234 g/mol. The van der Waals surface area contributed by atoms with Gasteiger partial charge in [0, 0.05) is 4.88 Å². The van der Waals surface area contributed by atoms with Crippen molar-refractivity contribution < 1.29 is 15.3 Å². The van der Waals surface area contributed by atoms with Crippen LogP contribution in [0.2, 0.25) is 0 Å². The molecular formula is C9H14O3S2. The van der Waals surface area contributed by atoms with Crippen molar-refractivity contribution in [2.45, 2.75) is 25.2 Å². The van der Waals surface area contributed by atoms with E-state index in [0.717, 1.165) is 0 Å². The topological polar surface area (TPSA) is 60.7 Å². The number of aliphatic hydroxyl groups is 3. The van der Waals surface area contributed by atoms with Gasteiger partial charge in [-0.05, 0) is 29.2 Å². The molecule has 0 saturated carbocycles. The minimum atomic E-state index is -0.921. The highest BCUT2D eigenvalue weighted by Gasteiger charge is 2.20. The lowest BCUT2D eigenvalue weighted by Crippen LogP contribution is -2.19. The van der Waals surface area contributed by atoms with Gasteiger partial charge in [-0.2, -0.15) is 12.6 Å². The van der Waals surface area contributed by atoms with Crippen molar-refractivity contribution >= 4 is 24.0 Å². The van der Waals surface area contributed by atoms with E-state index in [9.17, 15) is 10.2 Å². The maximum Gasteiger partial charge on any atom is 0.106 e. The van der Waals surface area contributed by atoms with Gasteiger partial charge in [0.05, 0.1) is 12.7 Å². The fourth-order valence-electron chi connectivity index (χ4n) is 1.24. The largest absolute Gasteiger partial charge is 0.391 e. The lowest BCUT2D eigenvalue weighted by atomic mass is 10.0. The van der Waals surface area contributed by atoms with Crippen molar-refractivity contribution in [1.29, 1.82) is 0 Å². The Kier molecular flexibility index (Phi) is 4.91. The average Bonchev–Trinajstić information content (AvgIpc) is 2.64. The van der Waals surface area contributed by atoms with Crippen molar-refractivity contribution in [2.24, 2.45) is 0 Å². The van der Waals surface area contributed by atoms with E-state index in [1.165, 1.54) is 11.3 Å². The molecule has 0 aliphatic rings. The van der Waals surface area contributed by atoms with Crippen molar-refractivity contribution in [3.63, 3.8) is 0 Å². The number of thiophene rings is 1. The normalized spacial score (nSPS) is 15.4. The molecule has 1 heterocycles. The predicted molar refractivity (Wildman–Crippen MR) is 59.7 cm³/mol. The van der Waals surface area contributed by atoms with Crippen molar-refractivity contribution in [3.8, 4) is 0 Å². The quantitative estimate of drug-likeness (QED) is 0.574. The van der Waals surface area contributed by atoms with E-state index in [-0.39, 0.29) is 6.61 Å². The van der Waals surface area contributed by atoms with E-state index in [4.69, 9.17) is 5.11 Å². The summed E-state index contributed by atoms with van der Waals surface area (Å²) in [4.78, 5) is 0.704. The summed E-state index contributed by atoms with van der Waals surface area (Å²) in [6, 6.07) is 1.72.